The standard InChI is InChI=1S/C15H17NO/c1-14(2)12-9-10-13(17-12)15(14,16-3)11-7-5-4-6-8-11/h4-10,16H,1-3H3. The van der Waals surface area contributed by atoms with Crippen molar-refractivity contribution >= 4 is 0 Å². The fourth-order valence-electron chi connectivity index (χ4n) is 3.14. The van der Waals surface area contributed by atoms with Crippen LogP contribution in [0.15, 0.2) is 46.9 Å². The second-order valence-corrected chi connectivity index (χ2v) is 5.15. The molecule has 0 saturated heterocycles. The van der Waals surface area contributed by atoms with Gasteiger partial charge in [-0.25, -0.2) is 0 Å². The Morgan fingerprint density at radius 3 is 2.12 bits per heavy atom. The molecule has 2 heteroatoms. The number of hydrogen-bond donors (Lipinski definition) is 1. The molecule has 2 nitrogen and oxygen atoms in total. The van der Waals surface area contributed by atoms with Crippen LogP contribution in [-0.2, 0) is 11.0 Å². The van der Waals surface area contributed by atoms with Crippen molar-refractivity contribution in [1.82, 2.24) is 5.32 Å². The Bertz CT molecular complexity index is 541. The predicted molar refractivity (Wildman–Crippen MR) is 68.0 cm³/mol. The van der Waals surface area contributed by atoms with Crippen molar-refractivity contribution in [1.29, 1.82) is 0 Å². The summed E-state index contributed by atoms with van der Waals surface area (Å²) in [4.78, 5) is 0. The number of furan rings is 1. The van der Waals surface area contributed by atoms with Gasteiger partial charge < -0.3 is 9.73 Å². The molecule has 17 heavy (non-hydrogen) atoms. The summed E-state index contributed by atoms with van der Waals surface area (Å²) in [7, 11) is 2.00. The van der Waals surface area contributed by atoms with Crippen LogP contribution in [0, 0.1) is 0 Å². The van der Waals surface area contributed by atoms with E-state index in [1.54, 1.807) is 0 Å². The molecule has 0 saturated carbocycles. The van der Waals surface area contributed by atoms with E-state index in [9.17, 15) is 0 Å². The van der Waals surface area contributed by atoms with Gasteiger partial charge in [0.2, 0.25) is 0 Å². The van der Waals surface area contributed by atoms with Crippen molar-refractivity contribution in [2.24, 2.45) is 0 Å². The van der Waals surface area contributed by atoms with Gasteiger partial charge in [-0.2, -0.15) is 0 Å². The minimum Gasteiger partial charge on any atom is -0.463 e. The summed E-state index contributed by atoms with van der Waals surface area (Å²) >= 11 is 0. The number of hydrogen-bond acceptors (Lipinski definition) is 2. The lowest BCUT2D eigenvalue weighted by molar-refractivity contribution is 0.273. The van der Waals surface area contributed by atoms with E-state index >= 15 is 0 Å². The van der Waals surface area contributed by atoms with Crippen LogP contribution < -0.4 is 5.32 Å². The van der Waals surface area contributed by atoms with Gasteiger partial charge in [-0.05, 0) is 24.7 Å². The van der Waals surface area contributed by atoms with E-state index in [1.807, 2.05) is 13.1 Å². The van der Waals surface area contributed by atoms with Gasteiger partial charge >= 0.3 is 0 Å². The number of benzene rings is 1. The highest BCUT2D eigenvalue weighted by atomic mass is 16.4. The maximum absolute atomic E-state index is 5.91. The number of nitrogens with one attached hydrogen (secondary N) is 1. The summed E-state index contributed by atoms with van der Waals surface area (Å²) in [5.41, 5.74) is 0.952. The normalized spacial score (nSPS) is 25.1. The zero-order valence-corrected chi connectivity index (χ0v) is 10.4. The van der Waals surface area contributed by atoms with Crippen LogP contribution >= 0.6 is 0 Å². The Morgan fingerprint density at radius 2 is 1.59 bits per heavy atom. The van der Waals surface area contributed by atoms with Crippen LogP contribution in [0.2, 0.25) is 0 Å². The van der Waals surface area contributed by atoms with Crippen LogP contribution in [0.25, 0.3) is 0 Å². The molecule has 3 rings (SSSR count). The second kappa shape index (κ2) is 3.23. The monoisotopic (exact) mass is 227 g/mol. The fraction of sp³-hybridized carbons (Fsp3) is 0.333. The third-order valence-electron chi connectivity index (χ3n) is 4.11. The molecule has 2 bridgehead atoms. The third-order valence-corrected chi connectivity index (χ3v) is 4.11. The molecule has 0 fully saturated rings. The minimum absolute atomic E-state index is 0.0623. The third kappa shape index (κ3) is 1.09. The van der Waals surface area contributed by atoms with Gasteiger partial charge in [0.05, 0.1) is 5.41 Å². The van der Waals surface area contributed by atoms with Crippen LogP contribution in [0.1, 0.15) is 30.9 Å². The van der Waals surface area contributed by atoms with Crippen molar-refractivity contribution in [3.8, 4) is 0 Å². The highest BCUT2D eigenvalue weighted by molar-refractivity contribution is 5.46. The van der Waals surface area contributed by atoms with Crippen LogP contribution in [0.4, 0.5) is 0 Å². The highest BCUT2D eigenvalue weighted by Gasteiger charge is 2.56. The second-order valence-electron chi connectivity index (χ2n) is 5.15. The van der Waals surface area contributed by atoms with E-state index in [0.717, 1.165) is 11.5 Å². The smallest absolute Gasteiger partial charge is 0.129 e. The molecule has 2 aromatic rings. The molecule has 1 aliphatic heterocycles. The molecule has 1 aromatic heterocycles. The van der Waals surface area contributed by atoms with Crippen molar-refractivity contribution in [3.63, 3.8) is 0 Å². The Labute approximate surface area is 102 Å². The first-order valence-corrected chi connectivity index (χ1v) is 5.98. The average Bonchev–Trinajstić information content (AvgIpc) is 2.88. The Balaban J connectivity index is 2.26. The summed E-state index contributed by atoms with van der Waals surface area (Å²) in [6.45, 7) is 4.45. The number of fused-ring (bicyclic) bond motifs is 2. The van der Waals surface area contributed by atoms with E-state index < -0.39 is 0 Å². The summed E-state index contributed by atoms with van der Waals surface area (Å²) in [5, 5.41) is 3.48. The van der Waals surface area contributed by atoms with Gasteiger partial charge in [0.25, 0.3) is 0 Å². The Hall–Kier alpha value is -1.54. The summed E-state index contributed by atoms with van der Waals surface area (Å²) in [6.07, 6.45) is 0. The van der Waals surface area contributed by atoms with E-state index in [-0.39, 0.29) is 11.0 Å². The molecule has 1 atom stereocenters. The summed E-state index contributed by atoms with van der Waals surface area (Å²) in [6, 6.07) is 14.7. The quantitative estimate of drug-likeness (QED) is 0.853. The molecule has 1 aromatic carbocycles. The van der Waals surface area contributed by atoms with Crippen molar-refractivity contribution in [2.75, 3.05) is 7.05 Å². The zero-order valence-electron chi connectivity index (χ0n) is 10.4. The van der Waals surface area contributed by atoms with Gasteiger partial charge in [0.15, 0.2) is 0 Å². The van der Waals surface area contributed by atoms with Crippen LogP contribution in [0.5, 0.6) is 0 Å². The maximum atomic E-state index is 5.91. The fourth-order valence-corrected chi connectivity index (χ4v) is 3.14. The van der Waals surface area contributed by atoms with Gasteiger partial charge in [-0.3, -0.25) is 0 Å². The lowest BCUT2D eigenvalue weighted by atomic mass is 9.65. The Kier molecular flexibility index (Phi) is 2.02. The molecule has 1 unspecified atom stereocenters. The van der Waals surface area contributed by atoms with Crippen molar-refractivity contribution in [2.45, 2.75) is 24.8 Å². The molecule has 0 radical (unpaired) electrons. The molecular weight excluding hydrogens is 210 g/mol. The lowest BCUT2D eigenvalue weighted by Crippen LogP contribution is -2.53. The zero-order chi connectivity index (χ0) is 12.1. The molecule has 0 spiro atoms. The van der Waals surface area contributed by atoms with Gasteiger partial charge in [0, 0.05) is 0 Å². The topological polar surface area (TPSA) is 25.2 Å². The molecular formula is C15H17NO. The van der Waals surface area contributed by atoms with E-state index in [2.05, 4.69) is 55.6 Å². The predicted octanol–water partition coefficient (Wildman–Crippen LogP) is 3.03. The van der Waals surface area contributed by atoms with E-state index in [4.69, 9.17) is 4.42 Å². The largest absolute Gasteiger partial charge is 0.463 e. The average molecular weight is 227 g/mol. The minimum atomic E-state index is -0.238. The molecule has 88 valence electrons. The van der Waals surface area contributed by atoms with Crippen molar-refractivity contribution in [3.05, 3.63) is 59.5 Å². The highest BCUT2D eigenvalue weighted by Crippen LogP contribution is 2.52. The van der Waals surface area contributed by atoms with Gasteiger partial charge in [-0.15, -0.1) is 0 Å². The summed E-state index contributed by atoms with van der Waals surface area (Å²) in [5.74, 6) is 2.05. The van der Waals surface area contributed by atoms with E-state index in [1.165, 1.54) is 5.56 Å². The SMILES string of the molecule is CNC1(c2ccccc2)c2ccc(o2)C1(C)C. The maximum Gasteiger partial charge on any atom is 0.129 e. The van der Waals surface area contributed by atoms with Crippen LogP contribution in [0.3, 0.4) is 0 Å². The van der Waals surface area contributed by atoms with Crippen molar-refractivity contribution < 1.29 is 4.42 Å². The van der Waals surface area contributed by atoms with Crippen LogP contribution in [-0.4, -0.2) is 7.05 Å². The lowest BCUT2D eigenvalue weighted by Gasteiger charge is -2.41. The first-order chi connectivity index (χ1) is 8.13. The molecule has 1 N–H and O–H groups in total. The van der Waals surface area contributed by atoms with E-state index in [0.29, 0.717) is 0 Å². The number of likely N-dealkylation sites (N-methyl/N-ethyl adjacent to an activating group) is 1. The Morgan fingerprint density at radius 1 is 0.941 bits per heavy atom. The first kappa shape index (κ1) is 10.6. The number of rotatable bonds is 2. The van der Waals surface area contributed by atoms with Gasteiger partial charge in [-0.1, -0.05) is 44.2 Å². The molecule has 0 aliphatic carbocycles. The first-order valence-electron chi connectivity index (χ1n) is 5.98. The molecule has 2 heterocycles. The summed E-state index contributed by atoms with van der Waals surface area (Å²) < 4.78 is 5.91. The van der Waals surface area contributed by atoms with Gasteiger partial charge in [0.1, 0.15) is 17.1 Å². The molecule has 1 aliphatic rings. The molecule has 0 amide bonds.